The summed E-state index contributed by atoms with van der Waals surface area (Å²) < 4.78 is 0. The molecule has 6 nitrogen and oxygen atoms in total. The summed E-state index contributed by atoms with van der Waals surface area (Å²) >= 11 is 0. The number of benzene rings is 3. The van der Waals surface area contributed by atoms with Crippen molar-refractivity contribution in [1.82, 2.24) is 10.8 Å². The Hall–Kier alpha value is -3.64. The van der Waals surface area contributed by atoms with Crippen molar-refractivity contribution in [3.8, 4) is 5.75 Å². The Bertz CT molecular complexity index is 1080. The second kappa shape index (κ2) is 10.8. The van der Waals surface area contributed by atoms with E-state index in [0.29, 0.717) is 6.54 Å². The van der Waals surface area contributed by atoms with E-state index in [-0.39, 0.29) is 22.6 Å². The van der Waals surface area contributed by atoms with Crippen LogP contribution in [0.15, 0.2) is 78.9 Å². The van der Waals surface area contributed by atoms with Crippen LogP contribution in [-0.4, -0.2) is 28.7 Å². The Labute approximate surface area is 194 Å². The molecule has 4 N–H and O–H groups in total. The van der Waals surface area contributed by atoms with Gasteiger partial charge < -0.3 is 10.4 Å². The fraction of sp³-hybridized carbons (Fsp3) is 0.259. The summed E-state index contributed by atoms with van der Waals surface area (Å²) in [6.45, 7) is 4.65. The minimum Gasteiger partial charge on any atom is -0.507 e. The van der Waals surface area contributed by atoms with Crippen LogP contribution in [0.1, 0.15) is 53.2 Å². The molecule has 1 unspecified atom stereocenters. The van der Waals surface area contributed by atoms with Gasteiger partial charge in [0, 0.05) is 6.54 Å². The number of hydroxylamine groups is 1. The lowest BCUT2D eigenvalue weighted by atomic mass is 9.85. The first kappa shape index (κ1) is 24.0. The molecule has 2 amide bonds. The van der Waals surface area contributed by atoms with E-state index in [1.54, 1.807) is 23.7 Å². The van der Waals surface area contributed by atoms with Gasteiger partial charge in [0.2, 0.25) is 0 Å². The molecular formula is C27H30N2O4. The zero-order chi connectivity index (χ0) is 23.8. The number of hydrogen-bond donors (Lipinski definition) is 4. The highest BCUT2D eigenvalue weighted by Crippen LogP contribution is 2.27. The van der Waals surface area contributed by atoms with E-state index in [9.17, 15) is 19.9 Å². The van der Waals surface area contributed by atoms with Gasteiger partial charge in [-0.3, -0.25) is 14.8 Å². The highest BCUT2D eigenvalue weighted by molar-refractivity contribution is 5.96. The third kappa shape index (κ3) is 6.43. The zero-order valence-electron chi connectivity index (χ0n) is 18.9. The summed E-state index contributed by atoms with van der Waals surface area (Å²) in [5, 5.41) is 21.9. The molecule has 0 aliphatic rings. The number of amides is 2. The molecular weight excluding hydrogens is 416 g/mol. The Morgan fingerprint density at radius 1 is 0.879 bits per heavy atom. The van der Waals surface area contributed by atoms with Crippen LogP contribution in [0.2, 0.25) is 0 Å². The molecule has 6 heteroatoms. The summed E-state index contributed by atoms with van der Waals surface area (Å²) in [5.41, 5.74) is 4.61. The van der Waals surface area contributed by atoms with Crippen molar-refractivity contribution < 1.29 is 19.9 Å². The minimum absolute atomic E-state index is 0.0309. The lowest BCUT2D eigenvalue weighted by Gasteiger charge is -2.25. The number of phenolic OH excluding ortho intramolecular Hbond substituents is 1. The van der Waals surface area contributed by atoms with E-state index in [2.05, 4.69) is 19.2 Å². The summed E-state index contributed by atoms with van der Waals surface area (Å²) in [4.78, 5) is 24.7. The van der Waals surface area contributed by atoms with Gasteiger partial charge in [-0.25, -0.2) is 5.48 Å². The normalized spacial score (nSPS) is 12.1. The minimum atomic E-state index is -0.591. The van der Waals surface area contributed by atoms with Gasteiger partial charge in [-0.2, -0.15) is 0 Å². The first-order valence-corrected chi connectivity index (χ1v) is 10.9. The van der Waals surface area contributed by atoms with Crippen LogP contribution in [0.5, 0.6) is 5.75 Å². The first-order chi connectivity index (χ1) is 15.8. The third-order valence-electron chi connectivity index (χ3n) is 5.78. The summed E-state index contributed by atoms with van der Waals surface area (Å²) in [6.07, 6.45) is 1.65. The Morgan fingerprint density at radius 3 is 2.12 bits per heavy atom. The second-order valence-corrected chi connectivity index (χ2v) is 8.93. The summed E-state index contributed by atoms with van der Waals surface area (Å²) in [7, 11) is 0. The lowest BCUT2D eigenvalue weighted by molar-refractivity contribution is -0.129. The molecule has 3 aromatic rings. The van der Waals surface area contributed by atoms with Gasteiger partial charge in [0.1, 0.15) is 5.75 Å². The molecule has 0 spiro atoms. The van der Waals surface area contributed by atoms with Crippen molar-refractivity contribution in [2.45, 2.75) is 32.6 Å². The molecule has 0 aromatic heterocycles. The highest BCUT2D eigenvalue weighted by Gasteiger charge is 2.23. The maximum absolute atomic E-state index is 12.4. The molecule has 3 aromatic carbocycles. The van der Waals surface area contributed by atoms with Crippen molar-refractivity contribution in [3.63, 3.8) is 0 Å². The lowest BCUT2D eigenvalue weighted by Crippen LogP contribution is -2.34. The number of nitrogens with one attached hydrogen (secondary N) is 2. The van der Waals surface area contributed by atoms with Crippen LogP contribution in [0.4, 0.5) is 0 Å². The average molecular weight is 447 g/mol. The smallest absolute Gasteiger partial charge is 0.255 e. The SMILES string of the molecule is CC(C)(CCc1ccc(C(C(=O)NO)c2ccccc2)cc1)CNC(=O)c1ccccc1O. The van der Waals surface area contributed by atoms with Crippen LogP contribution in [0.25, 0.3) is 0 Å². The molecule has 0 saturated heterocycles. The maximum Gasteiger partial charge on any atom is 0.255 e. The topological polar surface area (TPSA) is 98.7 Å². The van der Waals surface area contributed by atoms with Gasteiger partial charge in [-0.05, 0) is 47.1 Å². The predicted octanol–water partition coefficient (Wildman–Crippen LogP) is 4.42. The summed E-state index contributed by atoms with van der Waals surface area (Å²) in [6, 6.07) is 23.6. The van der Waals surface area contributed by atoms with E-state index >= 15 is 0 Å². The molecule has 0 aliphatic carbocycles. The quantitative estimate of drug-likeness (QED) is 0.289. The molecule has 0 aliphatic heterocycles. The largest absolute Gasteiger partial charge is 0.507 e. The van der Waals surface area contributed by atoms with Gasteiger partial charge in [0.05, 0.1) is 11.5 Å². The number of phenols is 1. The fourth-order valence-corrected chi connectivity index (χ4v) is 3.73. The molecule has 172 valence electrons. The van der Waals surface area contributed by atoms with Gasteiger partial charge in [-0.1, -0.05) is 80.6 Å². The average Bonchev–Trinajstić information content (AvgIpc) is 2.83. The van der Waals surface area contributed by atoms with Crippen molar-refractivity contribution in [2.75, 3.05) is 6.54 Å². The van der Waals surface area contributed by atoms with Crippen LogP contribution >= 0.6 is 0 Å². The predicted molar refractivity (Wildman–Crippen MR) is 127 cm³/mol. The number of aryl methyl sites for hydroxylation is 1. The molecule has 0 radical (unpaired) electrons. The summed E-state index contributed by atoms with van der Waals surface area (Å²) in [5.74, 6) is -1.39. The number of para-hydroxylation sites is 1. The molecule has 33 heavy (non-hydrogen) atoms. The molecule has 0 saturated carbocycles. The van der Waals surface area contributed by atoms with Crippen molar-refractivity contribution in [2.24, 2.45) is 5.41 Å². The molecule has 1 atom stereocenters. The number of aromatic hydroxyl groups is 1. The van der Waals surface area contributed by atoms with E-state index in [0.717, 1.165) is 29.5 Å². The van der Waals surface area contributed by atoms with Crippen LogP contribution in [-0.2, 0) is 11.2 Å². The second-order valence-electron chi connectivity index (χ2n) is 8.93. The fourth-order valence-electron chi connectivity index (χ4n) is 3.73. The highest BCUT2D eigenvalue weighted by atomic mass is 16.5. The van der Waals surface area contributed by atoms with Crippen LogP contribution in [0, 0.1) is 5.41 Å². The van der Waals surface area contributed by atoms with Crippen molar-refractivity contribution in [1.29, 1.82) is 0 Å². The first-order valence-electron chi connectivity index (χ1n) is 10.9. The molecule has 0 bridgehead atoms. The maximum atomic E-state index is 12.4. The number of carbonyl (C=O) groups excluding carboxylic acids is 2. The standard InChI is InChI=1S/C27H30N2O4/c1-27(2,18-28-25(31)22-10-6-7-11-23(22)30)17-16-19-12-14-21(15-13-19)24(26(32)29-33)20-8-4-3-5-9-20/h3-15,24,30,33H,16-18H2,1-2H3,(H,28,31)(H,29,32). The van der Waals surface area contributed by atoms with Crippen molar-refractivity contribution in [3.05, 3.63) is 101 Å². The molecule has 3 rings (SSSR count). The van der Waals surface area contributed by atoms with Crippen LogP contribution < -0.4 is 10.8 Å². The number of carbonyl (C=O) groups is 2. The molecule has 0 heterocycles. The number of hydrogen-bond acceptors (Lipinski definition) is 4. The van der Waals surface area contributed by atoms with Gasteiger partial charge in [0.15, 0.2) is 0 Å². The van der Waals surface area contributed by atoms with E-state index in [1.165, 1.54) is 6.07 Å². The third-order valence-corrected chi connectivity index (χ3v) is 5.78. The van der Waals surface area contributed by atoms with E-state index in [1.807, 2.05) is 54.6 Å². The Kier molecular flexibility index (Phi) is 7.85. The van der Waals surface area contributed by atoms with E-state index in [4.69, 9.17) is 0 Å². The van der Waals surface area contributed by atoms with Crippen molar-refractivity contribution >= 4 is 11.8 Å². The number of rotatable bonds is 9. The molecule has 0 fully saturated rings. The zero-order valence-corrected chi connectivity index (χ0v) is 18.9. The van der Waals surface area contributed by atoms with Gasteiger partial charge >= 0.3 is 0 Å². The van der Waals surface area contributed by atoms with Crippen LogP contribution in [0.3, 0.4) is 0 Å². The van der Waals surface area contributed by atoms with Gasteiger partial charge in [0.25, 0.3) is 11.8 Å². The Morgan fingerprint density at radius 2 is 1.48 bits per heavy atom. The van der Waals surface area contributed by atoms with Gasteiger partial charge in [-0.15, -0.1) is 0 Å². The Balaban J connectivity index is 1.60. The monoisotopic (exact) mass is 446 g/mol. The van der Waals surface area contributed by atoms with E-state index < -0.39 is 11.8 Å².